The van der Waals surface area contributed by atoms with Crippen LogP contribution < -0.4 is 5.73 Å². The molecule has 0 aliphatic heterocycles. The summed E-state index contributed by atoms with van der Waals surface area (Å²) in [5.41, 5.74) is 4.92. The van der Waals surface area contributed by atoms with E-state index in [1.165, 1.54) is 6.07 Å². The van der Waals surface area contributed by atoms with Crippen LogP contribution in [0.5, 0.6) is 0 Å². The van der Waals surface area contributed by atoms with Crippen molar-refractivity contribution in [1.29, 1.82) is 0 Å². The molecule has 0 unspecified atom stereocenters. The maximum atomic E-state index is 13.5. The Morgan fingerprint density at radius 2 is 1.87 bits per heavy atom. The molecule has 0 amide bonds. The zero-order valence-corrected chi connectivity index (χ0v) is 8.05. The molecule has 0 aliphatic carbocycles. The second kappa shape index (κ2) is 3.38. The molecule has 1 aromatic carbocycles. The first kappa shape index (κ1) is 9.71. The van der Waals surface area contributed by atoms with Gasteiger partial charge in [-0.15, -0.1) is 0 Å². The first-order valence-electron chi connectivity index (χ1n) is 4.40. The number of hydrogen-bond acceptors (Lipinski definition) is 2. The van der Waals surface area contributed by atoms with Gasteiger partial charge in [0, 0.05) is 0 Å². The van der Waals surface area contributed by atoms with E-state index in [-0.39, 0.29) is 5.56 Å². The number of halogens is 2. The molecule has 0 fully saturated rings. The predicted octanol–water partition coefficient (Wildman–Crippen LogP) is 3.12. The van der Waals surface area contributed by atoms with E-state index in [0.29, 0.717) is 11.5 Å². The molecule has 2 nitrogen and oxygen atoms in total. The molecule has 78 valence electrons. The van der Waals surface area contributed by atoms with E-state index < -0.39 is 17.3 Å². The van der Waals surface area contributed by atoms with E-state index in [1.807, 2.05) is 0 Å². The van der Waals surface area contributed by atoms with Crippen LogP contribution in [-0.4, -0.2) is 0 Å². The lowest BCUT2D eigenvalue weighted by molar-refractivity contribution is 0.538. The van der Waals surface area contributed by atoms with Crippen molar-refractivity contribution in [1.82, 2.24) is 0 Å². The van der Waals surface area contributed by atoms with Gasteiger partial charge in [0.2, 0.25) is 0 Å². The van der Waals surface area contributed by atoms with Crippen molar-refractivity contribution in [2.24, 2.45) is 0 Å². The summed E-state index contributed by atoms with van der Waals surface area (Å²) >= 11 is 0. The fourth-order valence-electron chi connectivity index (χ4n) is 1.34. The second-order valence-electron chi connectivity index (χ2n) is 3.23. The topological polar surface area (TPSA) is 39.2 Å². The summed E-state index contributed by atoms with van der Waals surface area (Å²) in [4.78, 5) is 0. The van der Waals surface area contributed by atoms with Gasteiger partial charge in [-0.2, -0.15) is 0 Å². The van der Waals surface area contributed by atoms with Crippen LogP contribution in [0, 0.1) is 18.6 Å². The first-order valence-corrected chi connectivity index (χ1v) is 4.40. The molecule has 0 spiro atoms. The van der Waals surface area contributed by atoms with Crippen molar-refractivity contribution in [3.05, 3.63) is 41.7 Å². The Morgan fingerprint density at radius 3 is 2.47 bits per heavy atom. The Bertz CT molecular complexity index is 505. The number of hydrogen-bond donors (Lipinski definition) is 1. The van der Waals surface area contributed by atoms with Gasteiger partial charge in [0.25, 0.3) is 0 Å². The quantitative estimate of drug-likeness (QED) is 0.733. The summed E-state index contributed by atoms with van der Waals surface area (Å²) in [5, 5.41) is 0. The highest BCUT2D eigenvalue weighted by molar-refractivity contribution is 5.64. The largest absolute Gasteiger partial charge is 0.461 e. The normalized spacial score (nSPS) is 10.6. The van der Waals surface area contributed by atoms with Crippen molar-refractivity contribution in [3.8, 4) is 11.3 Å². The summed E-state index contributed by atoms with van der Waals surface area (Å²) in [5.74, 6) is -0.548. The van der Waals surface area contributed by atoms with Gasteiger partial charge < -0.3 is 10.2 Å². The van der Waals surface area contributed by atoms with Crippen LogP contribution in [0.3, 0.4) is 0 Å². The molecule has 0 saturated carbocycles. The lowest BCUT2D eigenvalue weighted by Crippen LogP contribution is -1.96. The minimum atomic E-state index is -0.788. The molecular weight excluding hydrogens is 200 g/mol. The van der Waals surface area contributed by atoms with Gasteiger partial charge in [0.15, 0.2) is 5.82 Å². The Balaban J connectivity index is 2.59. The predicted molar refractivity (Wildman–Crippen MR) is 53.2 cm³/mol. The smallest absolute Gasteiger partial charge is 0.160 e. The highest BCUT2D eigenvalue weighted by Crippen LogP contribution is 2.29. The van der Waals surface area contributed by atoms with Crippen molar-refractivity contribution in [2.75, 3.05) is 5.73 Å². The number of aryl methyl sites for hydroxylation is 1. The van der Waals surface area contributed by atoms with Crippen LogP contribution in [0.25, 0.3) is 11.3 Å². The molecule has 1 heterocycles. The molecule has 0 saturated heterocycles. The van der Waals surface area contributed by atoms with Gasteiger partial charge in [-0.3, -0.25) is 0 Å². The van der Waals surface area contributed by atoms with Gasteiger partial charge in [0.1, 0.15) is 23.0 Å². The van der Waals surface area contributed by atoms with E-state index in [2.05, 4.69) is 0 Å². The van der Waals surface area contributed by atoms with Gasteiger partial charge in [-0.25, -0.2) is 8.78 Å². The number of rotatable bonds is 1. The number of benzene rings is 1. The zero-order valence-electron chi connectivity index (χ0n) is 8.05. The number of nitrogen functional groups attached to an aromatic ring is 1. The molecule has 2 aromatic rings. The van der Waals surface area contributed by atoms with E-state index in [0.717, 1.165) is 6.07 Å². The fourth-order valence-corrected chi connectivity index (χ4v) is 1.34. The fraction of sp³-hybridized carbons (Fsp3) is 0.0909. The third kappa shape index (κ3) is 1.58. The van der Waals surface area contributed by atoms with Gasteiger partial charge in [-0.1, -0.05) is 0 Å². The van der Waals surface area contributed by atoms with Crippen molar-refractivity contribution < 1.29 is 13.2 Å². The Labute approximate surface area is 85.3 Å². The Hall–Kier alpha value is -1.84. The summed E-state index contributed by atoms with van der Waals surface area (Å²) in [7, 11) is 0. The Kier molecular flexibility index (Phi) is 2.19. The third-order valence-corrected chi connectivity index (χ3v) is 2.13. The molecule has 2 N–H and O–H groups in total. The van der Waals surface area contributed by atoms with Crippen molar-refractivity contribution in [2.45, 2.75) is 6.92 Å². The standard InChI is InChI=1S/C11H9F2NO/c1-6-2-5-9(15-6)7-3-4-8(12)11(14)10(7)13/h2-5H,14H2,1H3. The first-order chi connectivity index (χ1) is 7.09. The molecule has 0 aliphatic rings. The monoisotopic (exact) mass is 209 g/mol. The van der Waals surface area contributed by atoms with Gasteiger partial charge in [0.05, 0.1) is 5.56 Å². The molecule has 4 heteroatoms. The third-order valence-electron chi connectivity index (χ3n) is 2.13. The highest BCUT2D eigenvalue weighted by atomic mass is 19.1. The molecule has 15 heavy (non-hydrogen) atoms. The van der Waals surface area contributed by atoms with Crippen LogP contribution in [0.15, 0.2) is 28.7 Å². The lowest BCUT2D eigenvalue weighted by atomic mass is 10.1. The van der Waals surface area contributed by atoms with Crippen LogP contribution in [0.2, 0.25) is 0 Å². The lowest BCUT2D eigenvalue weighted by Gasteiger charge is -2.03. The Morgan fingerprint density at radius 1 is 1.13 bits per heavy atom. The van der Waals surface area contributed by atoms with Gasteiger partial charge in [-0.05, 0) is 31.2 Å². The van der Waals surface area contributed by atoms with Crippen LogP contribution in [0.4, 0.5) is 14.5 Å². The minimum absolute atomic E-state index is 0.169. The number of furan rings is 1. The minimum Gasteiger partial charge on any atom is -0.461 e. The van der Waals surface area contributed by atoms with Gasteiger partial charge >= 0.3 is 0 Å². The molecule has 2 rings (SSSR count). The molecule has 0 radical (unpaired) electrons. The van der Waals surface area contributed by atoms with Crippen molar-refractivity contribution >= 4 is 5.69 Å². The molecule has 0 bridgehead atoms. The number of anilines is 1. The molecular formula is C11H9F2NO. The average molecular weight is 209 g/mol. The zero-order chi connectivity index (χ0) is 11.0. The average Bonchev–Trinajstić information content (AvgIpc) is 2.61. The maximum Gasteiger partial charge on any atom is 0.160 e. The van der Waals surface area contributed by atoms with E-state index in [1.54, 1.807) is 19.1 Å². The molecule has 1 aromatic heterocycles. The van der Waals surface area contributed by atoms with E-state index in [4.69, 9.17) is 10.2 Å². The highest BCUT2D eigenvalue weighted by Gasteiger charge is 2.14. The number of nitrogens with two attached hydrogens (primary N) is 1. The summed E-state index contributed by atoms with van der Waals surface area (Å²) in [6, 6.07) is 5.74. The van der Waals surface area contributed by atoms with E-state index in [9.17, 15) is 8.78 Å². The SMILES string of the molecule is Cc1ccc(-c2ccc(F)c(N)c2F)o1. The van der Waals surface area contributed by atoms with Crippen LogP contribution >= 0.6 is 0 Å². The van der Waals surface area contributed by atoms with Crippen LogP contribution in [0.1, 0.15) is 5.76 Å². The summed E-state index contributed by atoms with van der Waals surface area (Å²) < 4.78 is 31.6. The van der Waals surface area contributed by atoms with E-state index >= 15 is 0 Å². The van der Waals surface area contributed by atoms with Crippen LogP contribution in [-0.2, 0) is 0 Å². The summed E-state index contributed by atoms with van der Waals surface area (Å²) in [6.07, 6.45) is 0. The van der Waals surface area contributed by atoms with Crippen molar-refractivity contribution in [3.63, 3.8) is 0 Å². The second-order valence-corrected chi connectivity index (χ2v) is 3.23. The summed E-state index contributed by atoms with van der Waals surface area (Å²) in [6.45, 7) is 1.74. The maximum absolute atomic E-state index is 13.5. The molecule has 0 atom stereocenters.